The van der Waals surface area contributed by atoms with Crippen molar-refractivity contribution in [3.05, 3.63) is 90.4 Å². The van der Waals surface area contributed by atoms with Crippen LogP contribution in [0.5, 0.6) is 0 Å². The molecule has 27 heavy (non-hydrogen) atoms. The summed E-state index contributed by atoms with van der Waals surface area (Å²) >= 11 is 0. The largest absolute Gasteiger partial charge is 0.340 e. The van der Waals surface area contributed by atoms with E-state index in [-0.39, 0.29) is 5.91 Å². The minimum absolute atomic E-state index is 0.126. The van der Waals surface area contributed by atoms with Gasteiger partial charge in [0.1, 0.15) is 12.1 Å². The van der Waals surface area contributed by atoms with Gasteiger partial charge in [-0.15, -0.1) is 0 Å². The van der Waals surface area contributed by atoms with Crippen LogP contribution in [0, 0.1) is 6.92 Å². The molecule has 1 amide bonds. The number of fused-ring (bicyclic) bond motifs is 1. The summed E-state index contributed by atoms with van der Waals surface area (Å²) < 4.78 is 0. The lowest BCUT2D eigenvalue weighted by Gasteiger charge is -2.10. The van der Waals surface area contributed by atoms with E-state index in [2.05, 4.69) is 20.6 Å². The molecule has 0 aliphatic rings. The van der Waals surface area contributed by atoms with Crippen LogP contribution < -0.4 is 10.6 Å². The second-order valence-electron chi connectivity index (χ2n) is 6.23. The van der Waals surface area contributed by atoms with E-state index in [1.807, 2.05) is 79.7 Å². The van der Waals surface area contributed by atoms with E-state index >= 15 is 0 Å². The zero-order valence-electron chi connectivity index (χ0n) is 14.8. The molecule has 1 heterocycles. The molecule has 5 heteroatoms. The summed E-state index contributed by atoms with van der Waals surface area (Å²) in [6.45, 7) is 1.92. The molecule has 0 aliphatic heterocycles. The van der Waals surface area contributed by atoms with Crippen molar-refractivity contribution in [2.24, 2.45) is 0 Å². The first-order valence-electron chi connectivity index (χ1n) is 8.64. The summed E-state index contributed by atoms with van der Waals surface area (Å²) in [7, 11) is 0. The molecule has 0 radical (unpaired) electrons. The minimum atomic E-state index is -0.126. The van der Waals surface area contributed by atoms with E-state index in [0.29, 0.717) is 5.56 Å². The van der Waals surface area contributed by atoms with Gasteiger partial charge in [-0.2, -0.15) is 0 Å². The maximum atomic E-state index is 12.7. The van der Waals surface area contributed by atoms with Crippen LogP contribution in [0.2, 0.25) is 0 Å². The minimum Gasteiger partial charge on any atom is -0.340 e. The van der Waals surface area contributed by atoms with Crippen molar-refractivity contribution in [3.63, 3.8) is 0 Å². The number of benzene rings is 3. The molecule has 4 aromatic rings. The van der Waals surface area contributed by atoms with Gasteiger partial charge in [0.2, 0.25) is 0 Å². The molecule has 0 aliphatic carbocycles. The van der Waals surface area contributed by atoms with E-state index in [9.17, 15) is 4.79 Å². The van der Waals surface area contributed by atoms with Crippen LogP contribution in [0.1, 0.15) is 16.1 Å². The first kappa shape index (κ1) is 16.7. The molecule has 0 bridgehead atoms. The van der Waals surface area contributed by atoms with Crippen molar-refractivity contribution < 1.29 is 4.79 Å². The van der Waals surface area contributed by atoms with Gasteiger partial charge in [-0.3, -0.25) is 4.79 Å². The summed E-state index contributed by atoms with van der Waals surface area (Å²) in [5.41, 5.74) is 3.17. The first-order valence-corrected chi connectivity index (χ1v) is 8.64. The third kappa shape index (κ3) is 3.77. The average Bonchev–Trinajstić information content (AvgIpc) is 2.69. The fraction of sp³-hybridized carbons (Fsp3) is 0.0455. The Bertz CT molecular complexity index is 1100. The van der Waals surface area contributed by atoms with Crippen LogP contribution in [0.15, 0.2) is 79.1 Å². The number of carbonyl (C=O) groups is 1. The number of hydrogen-bond acceptors (Lipinski definition) is 4. The Labute approximate surface area is 157 Å². The Morgan fingerprint density at radius 2 is 1.59 bits per heavy atom. The molecule has 4 rings (SSSR count). The molecule has 3 aromatic carbocycles. The third-order valence-electron chi connectivity index (χ3n) is 4.25. The maximum Gasteiger partial charge on any atom is 0.256 e. The number of aromatic nitrogens is 2. The summed E-state index contributed by atoms with van der Waals surface area (Å²) in [5, 5.41) is 8.16. The SMILES string of the molecule is Cc1cc(Nc2ccc(NC(=O)c3cccc4ccccc34)cc2)ncn1. The molecule has 132 valence electrons. The van der Waals surface area contributed by atoms with Crippen LogP contribution in [0.4, 0.5) is 17.2 Å². The smallest absolute Gasteiger partial charge is 0.256 e. The monoisotopic (exact) mass is 354 g/mol. The Hall–Kier alpha value is -3.73. The topological polar surface area (TPSA) is 66.9 Å². The number of nitrogens with zero attached hydrogens (tertiary/aromatic N) is 2. The van der Waals surface area contributed by atoms with E-state index in [1.54, 1.807) is 0 Å². The molecular weight excluding hydrogens is 336 g/mol. The molecule has 0 atom stereocenters. The molecule has 2 N–H and O–H groups in total. The lowest BCUT2D eigenvalue weighted by molar-refractivity contribution is 0.102. The quantitative estimate of drug-likeness (QED) is 0.545. The van der Waals surface area contributed by atoms with E-state index in [1.165, 1.54) is 6.33 Å². The zero-order valence-corrected chi connectivity index (χ0v) is 14.8. The number of amides is 1. The van der Waals surface area contributed by atoms with Crippen molar-refractivity contribution in [3.8, 4) is 0 Å². The highest BCUT2D eigenvalue weighted by molar-refractivity contribution is 6.12. The number of hydrogen-bond donors (Lipinski definition) is 2. The summed E-state index contributed by atoms with van der Waals surface area (Å²) in [5.74, 6) is 0.606. The van der Waals surface area contributed by atoms with Gasteiger partial charge in [-0.1, -0.05) is 36.4 Å². The lowest BCUT2D eigenvalue weighted by atomic mass is 10.0. The maximum absolute atomic E-state index is 12.7. The Morgan fingerprint density at radius 3 is 2.41 bits per heavy atom. The van der Waals surface area contributed by atoms with Gasteiger partial charge in [-0.25, -0.2) is 9.97 Å². The summed E-state index contributed by atoms with van der Waals surface area (Å²) in [4.78, 5) is 21.0. The van der Waals surface area contributed by atoms with Crippen LogP contribution in [-0.4, -0.2) is 15.9 Å². The predicted molar refractivity (Wildman–Crippen MR) is 108 cm³/mol. The Balaban J connectivity index is 1.50. The van der Waals surface area contributed by atoms with Crippen molar-refractivity contribution in [1.82, 2.24) is 9.97 Å². The van der Waals surface area contributed by atoms with Gasteiger partial charge in [0, 0.05) is 28.7 Å². The van der Waals surface area contributed by atoms with Crippen LogP contribution in [0.3, 0.4) is 0 Å². The lowest BCUT2D eigenvalue weighted by Crippen LogP contribution is -2.12. The van der Waals surface area contributed by atoms with Crippen molar-refractivity contribution in [2.45, 2.75) is 6.92 Å². The second kappa shape index (κ2) is 7.25. The van der Waals surface area contributed by atoms with Crippen LogP contribution in [-0.2, 0) is 0 Å². The van der Waals surface area contributed by atoms with Gasteiger partial charge in [0.15, 0.2) is 0 Å². The predicted octanol–water partition coefficient (Wildman–Crippen LogP) is 4.93. The molecule has 0 spiro atoms. The highest BCUT2D eigenvalue weighted by atomic mass is 16.1. The summed E-state index contributed by atoms with van der Waals surface area (Å²) in [6, 6.07) is 23.0. The van der Waals surface area contributed by atoms with E-state index in [4.69, 9.17) is 0 Å². The van der Waals surface area contributed by atoms with E-state index < -0.39 is 0 Å². The van der Waals surface area contributed by atoms with Gasteiger partial charge in [0.25, 0.3) is 5.91 Å². The zero-order chi connectivity index (χ0) is 18.6. The number of aryl methyl sites for hydroxylation is 1. The average molecular weight is 354 g/mol. The van der Waals surface area contributed by atoms with E-state index in [0.717, 1.165) is 33.7 Å². The molecular formula is C22H18N4O. The molecule has 0 unspecified atom stereocenters. The Kier molecular flexibility index (Phi) is 4.49. The van der Waals surface area contributed by atoms with Gasteiger partial charge >= 0.3 is 0 Å². The second-order valence-corrected chi connectivity index (χ2v) is 6.23. The molecule has 5 nitrogen and oxygen atoms in total. The summed E-state index contributed by atoms with van der Waals surface area (Å²) in [6.07, 6.45) is 1.52. The number of carbonyl (C=O) groups excluding carboxylic acids is 1. The highest BCUT2D eigenvalue weighted by Gasteiger charge is 2.10. The van der Waals surface area contributed by atoms with Crippen molar-refractivity contribution in [1.29, 1.82) is 0 Å². The van der Waals surface area contributed by atoms with Crippen LogP contribution in [0.25, 0.3) is 10.8 Å². The fourth-order valence-electron chi connectivity index (χ4n) is 2.93. The van der Waals surface area contributed by atoms with Gasteiger partial charge in [0.05, 0.1) is 0 Å². The normalized spacial score (nSPS) is 10.6. The van der Waals surface area contributed by atoms with Crippen LogP contribution >= 0.6 is 0 Å². The number of rotatable bonds is 4. The fourth-order valence-corrected chi connectivity index (χ4v) is 2.93. The van der Waals surface area contributed by atoms with Gasteiger partial charge < -0.3 is 10.6 Å². The Morgan fingerprint density at radius 1 is 0.852 bits per heavy atom. The van der Waals surface area contributed by atoms with Gasteiger partial charge in [-0.05, 0) is 48.0 Å². The third-order valence-corrected chi connectivity index (χ3v) is 4.25. The first-order chi connectivity index (χ1) is 13.2. The molecule has 1 aromatic heterocycles. The highest BCUT2D eigenvalue weighted by Crippen LogP contribution is 2.21. The molecule has 0 saturated heterocycles. The molecule has 0 saturated carbocycles. The van der Waals surface area contributed by atoms with Crippen molar-refractivity contribution >= 4 is 33.9 Å². The standard InChI is InChI=1S/C22H18N4O/c1-15-13-21(24-14-23-15)25-17-9-11-18(12-10-17)26-22(27)20-8-4-6-16-5-2-3-7-19(16)20/h2-14H,1H3,(H,26,27)(H,23,24,25). The number of anilines is 3. The van der Waals surface area contributed by atoms with Crippen molar-refractivity contribution in [2.75, 3.05) is 10.6 Å². The molecule has 0 fully saturated rings. The number of nitrogens with one attached hydrogen (secondary N) is 2.